The maximum Gasteiger partial charge on any atom is 0.253 e. The van der Waals surface area contributed by atoms with Crippen molar-refractivity contribution in [1.82, 2.24) is 4.90 Å². The van der Waals surface area contributed by atoms with Gasteiger partial charge < -0.3 is 0 Å². The van der Waals surface area contributed by atoms with E-state index in [2.05, 4.69) is 20.8 Å². The Balaban J connectivity index is 0.00000154. The maximum atomic E-state index is 11.3. The third-order valence-electron chi connectivity index (χ3n) is 3.22. The molecule has 1 rings (SSSR count). The summed E-state index contributed by atoms with van der Waals surface area (Å²) in [5, 5.41) is 0. The summed E-state index contributed by atoms with van der Waals surface area (Å²) in [6, 6.07) is 0. The van der Waals surface area contributed by atoms with Crippen molar-refractivity contribution in [1.29, 1.82) is 0 Å². The van der Waals surface area contributed by atoms with Crippen LogP contribution in [-0.2, 0) is 9.59 Å². The zero-order valence-corrected chi connectivity index (χ0v) is 13.1. The second-order valence-corrected chi connectivity index (χ2v) is 5.38. The number of rotatable bonds is 7. The SMILES string of the molecule is CC.CC(C)CCCC(C)CCN1C(=O)C=CC1=O. The van der Waals surface area contributed by atoms with Crippen molar-refractivity contribution in [2.75, 3.05) is 6.54 Å². The molecule has 3 nitrogen and oxygen atoms in total. The van der Waals surface area contributed by atoms with Gasteiger partial charge in [0.15, 0.2) is 0 Å². The molecule has 0 aliphatic carbocycles. The smallest absolute Gasteiger partial charge is 0.253 e. The fourth-order valence-corrected chi connectivity index (χ4v) is 2.02. The Morgan fingerprint density at radius 2 is 1.47 bits per heavy atom. The molecule has 19 heavy (non-hydrogen) atoms. The molecule has 110 valence electrons. The molecule has 2 amide bonds. The number of hydrogen-bond donors (Lipinski definition) is 0. The molecule has 1 aliphatic rings. The molecule has 1 aliphatic heterocycles. The van der Waals surface area contributed by atoms with Crippen molar-refractivity contribution < 1.29 is 9.59 Å². The number of amides is 2. The van der Waals surface area contributed by atoms with Gasteiger partial charge in [-0.2, -0.15) is 0 Å². The second kappa shape index (κ2) is 9.76. The lowest BCUT2D eigenvalue weighted by molar-refractivity contribution is -0.136. The quantitative estimate of drug-likeness (QED) is 0.658. The molecule has 0 spiro atoms. The topological polar surface area (TPSA) is 37.4 Å². The summed E-state index contributed by atoms with van der Waals surface area (Å²) in [4.78, 5) is 24.0. The van der Waals surface area contributed by atoms with Crippen LogP contribution >= 0.6 is 0 Å². The van der Waals surface area contributed by atoms with Crippen molar-refractivity contribution in [3.63, 3.8) is 0 Å². The van der Waals surface area contributed by atoms with Crippen molar-refractivity contribution in [2.24, 2.45) is 11.8 Å². The van der Waals surface area contributed by atoms with Gasteiger partial charge in [-0.15, -0.1) is 0 Å². The van der Waals surface area contributed by atoms with Crippen LogP contribution in [0.4, 0.5) is 0 Å². The number of nitrogens with zero attached hydrogens (tertiary/aromatic N) is 1. The largest absolute Gasteiger partial charge is 0.275 e. The van der Waals surface area contributed by atoms with E-state index in [1.165, 1.54) is 36.3 Å². The minimum atomic E-state index is -0.163. The summed E-state index contributed by atoms with van der Waals surface area (Å²) in [7, 11) is 0. The fraction of sp³-hybridized carbons (Fsp3) is 0.750. The predicted octanol–water partition coefficient (Wildman–Crippen LogP) is 3.79. The summed E-state index contributed by atoms with van der Waals surface area (Å²) < 4.78 is 0. The van der Waals surface area contributed by atoms with Gasteiger partial charge in [0, 0.05) is 18.7 Å². The molecule has 0 N–H and O–H groups in total. The van der Waals surface area contributed by atoms with E-state index in [1.54, 1.807) is 0 Å². The predicted molar refractivity (Wildman–Crippen MR) is 79.7 cm³/mol. The molecule has 0 aromatic heterocycles. The molecule has 0 saturated heterocycles. The normalized spacial score (nSPS) is 15.8. The van der Waals surface area contributed by atoms with Crippen LogP contribution in [0.15, 0.2) is 12.2 Å². The Labute approximate surface area is 118 Å². The van der Waals surface area contributed by atoms with E-state index in [9.17, 15) is 9.59 Å². The fourth-order valence-electron chi connectivity index (χ4n) is 2.02. The number of carbonyl (C=O) groups is 2. The van der Waals surface area contributed by atoms with Crippen molar-refractivity contribution in [3.05, 3.63) is 12.2 Å². The summed E-state index contributed by atoms with van der Waals surface area (Å²) >= 11 is 0. The first-order valence-corrected chi connectivity index (χ1v) is 7.54. The lowest BCUT2D eigenvalue weighted by Gasteiger charge is -2.17. The van der Waals surface area contributed by atoms with E-state index < -0.39 is 0 Å². The van der Waals surface area contributed by atoms with Crippen LogP contribution in [0.1, 0.15) is 60.3 Å². The van der Waals surface area contributed by atoms with Crippen molar-refractivity contribution >= 4 is 11.8 Å². The first-order valence-electron chi connectivity index (χ1n) is 7.54. The van der Waals surface area contributed by atoms with Crippen LogP contribution in [0.25, 0.3) is 0 Å². The van der Waals surface area contributed by atoms with Crippen LogP contribution in [0.2, 0.25) is 0 Å². The molecule has 0 aromatic rings. The Bertz CT molecular complexity index is 290. The van der Waals surface area contributed by atoms with E-state index in [1.807, 2.05) is 13.8 Å². The van der Waals surface area contributed by atoms with Gasteiger partial charge >= 0.3 is 0 Å². The Morgan fingerprint density at radius 1 is 0.947 bits per heavy atom. The molecule has 0 fully saturated rings. The van der Waals surface area contributed by atoms with Gasteiger partial charge in [0.05, 0.1) is 0 Å². The Morgan fingerprint density at radius 3 is 1.95 bits per heavy atom. The van der Waals surface area contributed by atoms with Gasteiger partial charge in [0.25, 0.3) is 11.8 Å². The average molecular weight is 267 g/mol. The minimum Gasteiger partial charge on any atom is -0.275 e. The van der Waals surface area contributed by atoms with Crippen LogP contribution in [0.3, 0.4) is 0 Å². The van der Waals surface area contributed by atoms with Gasteiger partial charge in [0.1, 0.15) is 0 Å². The van der Waals surface area contributed by atoms with E-state index in [-0.39, 0.29) is 11.8 Å². The summed E-state index contributed by atoms with van der Waals surface area (Å²) in [5.41, 5.74) is 0. The highest BCUT2D eigenvalue weighted by Crippen LogP contribution is 2.16. The Hall–Kier alpha value is -1.12. The number of imide groups is 1. The average Bonchev–Trinajstić information content (AvgIpc) is 2.69. The summed E-state index contributed by atoms with van der Waals surface area (Å²) in [6.07, 6.45) is 7.29. The van der Waals surface area contributed by atoms with Gasteiger partial charge in [0.2, 0.25) is 0 Å². The molecule has 0 radical (unpaired) electrons. The van der Waals surface area contributed by atoms with Gasteiger partial charge in [-0.25, -0.2) is 0 Å². The standard InChI is InChI=1S/C14H23NO2.C2H6/c1-11(2)5-4-6-12(3)9-10-15-13(16)7-8-14(15)17;1-2/h7-8,11-12H,4-6,9-10H2,1-3H3;1-2H3. The lowest BCUT2D eigenvalue weighted by Crippen LogP contribution is -2.31. The van der Waals surface area contributed by atoms with E-state index in [0.29, 0.717) is 12.5 Å². The van der Waals surface area contributed by atoms with Gasteiger partial charge in [-0.05, 0) is 18.3 Å². The first-order chi connectivity index (χ1) is 9.00. The van der Waals surface area contributed by atoms with Crippen LogP contribution in [-0.4, -0.2) is 23.3 Å². The first kappa shape index (κ1) is 17.9. The van der Waals surface area contributed by atoms with Crippen LogP contribution < -0.4 is 0 Å². The number of hydrogen-bond acceptors (Lipinski definition) is 2. The molecule has 0 bridgehead atoms. The molecule has 0 saturated carbocycles. The molecule has 1 atom stereocenters. The Kier molecular flexibility index (Phi) is 9.19. The molecular weight excluding hydrogens is 238 g/mol. The molecule has 3 heteroatoms. The molecule has 1 unspecified atom stereocenters. The third-order valence-corrected chi connectivity index (χ3v) is 3.22. The third kappa shape index (κ3) is 7.14. The summed E-state index contributed by atoms with van der Waals surface area (Å²) in [6.45, 7) is 11.2. The molecule has 0 aromatic carbocycles. The number of carbonyl (C=O) groups excluding carboxylic acids is 2. The van der Waals surface area contributed by atoms with E-state index in [0.717, 1.165) is 12.3 Å². The van der Waals surface area contributed by atoms with Gasteiger partial charge in [-0.3, -0.25) is 14.5 Å². The van der Waals surface area contributed by atoms with E-state index in [4.69, 9.17) is 0 Å². The second-order valence-electron chi connectivity index (χ2n) is 5.38. The van der Waals surface area contributed by atoms with Crippen LogP contribution in [0.5, 0.6) is 0 Å². The van der Waals surface area contributed by atoms with Gasteiger partial charge in [-0.1, -0.05) is 53.9 Å². The molecule has 1 heterocycles. The zero-order valence-electron chi connectivity index (χ0n) is 13.1. The van der Waals surface area contributed by atoms with E-state index >= 15 is 0 Å². The minimum absolute atomic E-state index is 0.163. The molecular formula is C16H29NO2. The van der Waals surface area contributed by atoms with Crippen molar-refractivity contribution in [2.45, 2.75) is 60.3 Å². The maximum absolute atomic E-state index is 11.3. The monoisotopic (exact) mass is 267 g/mol. The van der Waals surface area contributed by atoms with Crippen LogP contribution in [0, 0.1) is 11.8 Å². The zero-order chi connectivity index (χ0) is 14.8. The van der Waals surface area contributed by atoms with Crippen molar-refractivity contribution in [3.8, 4) is 0 Å². The highest BCUT2D eigenvalue weighted by atomic mass is 16.2. The highest BCUT2D eigenvalue weighted by Gasteiger charge is 2.23. The highest BCUT2D eigenvalue weighted by molar-refractivity contribution is 6.12. The summed E-state index contributed by atoms with van der Waals surface area (Å²) in [5.74, 6) is 1.01. The lowest BCUT2D eigenvalue weighted by atomic mass is 9.97.